The highest BCUT2D eigenvalue weighted by molar-refractivity contribution is 5.90. The number of urea groups is 1. The number of aliphatic hydroxyl groups excluding tert-OH is 1. The summed E-state index contributed by atoms with van der Waals surface area (Å²) in [5.74, 6) is 0.863. The van der Waals surface area contributed by atoms with Crippen LogP contribution in [0.3, 0.4) is 0 Å². The molecule has 2 aliphatic rings. The van der Waals surface area contributed by atoms with E-state index in [0.29, 0.717) is 36.5 Å². The summed E-state index contributed by atoms with van der Waals surface area (Å²) in [5, 5.41) is 22.0. The van der Waals surface area contributed by atoms with Crippen LogP contribution >= 0.6 is 0 Å². The van der Waals surface area contributed by atoms with Crippen molar-refractivity contribution < 1.29 is 24.0 Å². The zero-order chi connectivity index (χ0) is 19.4. The molecule has 1 saturated heterocycles. The van der Waals surface area contributed by atoms with Gasteiger partial charge in [-0.25, -0.2) is 4.79 Å². The third kappa shape index (κ3) is 5.20. The Kier molecular flexibility index (Phi) is 6.33. The summed E-state index contributed by atoms with van der Waals surface area (Å²) in [6.07, 6.45) is 3.62. The molecule has 2 fully saturated rings. The van der Waals surface area contributed by atoms with E-state index in [1.54, 1.807) is 13.8 Å². The molecule has 0 aromatic carbocycles. The molecule has 3 atom stereocenters. The van der Waals surface area contributed by atoms with Gasteiger partial charge in [0, 0.05) is 12.5 Å². The van der Waals surface area contributed by atoms with Crippen molar-refractivity contribution in [1.82, 2.24) is 15.8 Å². The number of nitrogens with one attached hydrogen (secondary N) is 3. The Morgan fingerprint density at radius 3 is 2.63 bits per heavy atom. The highest BCUT2D eigenvalue weighted by atomic mass is 16.5. The van der Waals surface area contributed by atoms with Gasteiger partial charge < -0.3 is 30.3 Å². The predicted octanol–water partition coefficient (Wildman–Crippen LogP) is 1.24. The lowest BCUT2D eigenvalue weighted by Gasteiger charge is -2.36. The van der Waals surface area contributed by atoms with Crippen molar-refractivity contribution in [2.45, 2.75) is 64.2 Å². The quantitative estimate of drug-likeness (QED) is 0.564. The van der Waals surface area contributed by atoms with Crippen molar-refractivity contribution in [1.29, 1.82) is 0 Å². The van der Waals surface area contributed by atoms with E-state index < -0.39 is 6.10 Å². The Morgan fingerprint density at radius 2 is 2.00 bits per heavy atom. The average molecular weight is 380 g/mol. The molecule has 1 saturated carbocycles. The largest absolute Gasteiger partial charge is 0.394 e. The van der Waals surface area contributed by atoms with E-state index in [9.17, 15) is 14.7 Å². The number of nitrogens with zero attached hydrogens (tertiary/aromatic N) is 1. The lowest BCUT2D eigenvalue weighted by molar-refractivity contribution is -0.122. The number of amides is 3. The van der Waals surface area contributed by atoms with Crippen LogP contribution in [0.1, 0.15) is 43.6 Å². The van der Waals surface area contributed by atoms with Gasteiger partial charge in [0.1, 0.15) is 17.5 Å². The van der Waals surface area contributed by atoms with Gasteiger partial charge >= 0.3 is 6.03 Å². The van der Waals surface area contributed by atoms with E-state index in [1.165, 1.54) is 0 Å². The number of carbonyl (C=O) groups is 2. The van der Waals surface area contributed by atoms with Gasteiger partial charge in [0.15, 0.2) is 5.76 Å². The summed E-state index contributed by atoms with van der Waals surface area (Å²) in [6, 6.07) is -0.667. The minimum absolute atomic E-state index is 0.0367. The summed E-state index contributed by atoms with van der Waals surface area (Å²) in [6.45, 7) is 3.87. The third-order valence-electron chi connectivity index (χ3n) is 5.10. The number of aryl methyl sites for hydroxylation is 2. The van der Waals surface area contributed by atoms with E-state index in [4.69, 9.17) is 9.26 Å². The maximum absolute atomic E-state index is 12.3. The standard InChI is InChI=1S/C18H28N4O5/c1-10-16(11(2)27-22-10)21-18(25)20-14-6-5-13(26-15(14)9-23)7-8-19-17(24)12-3-4-12/h12-15,23H,3-9H2,1-2H3,(H,19,24)(H2,20,21,25)/t13-,14-,15-/m0/s1. The third-order valence-corrected chi connectivity index (χ3v) is 5.10. The van der Waals surface area contributed by atoms with Crippen LogP contribution in [0.4, 0.5) is 10.5 Å². The number of hydrogen-bond donors (Lipinski definition) is 4. The number of rotatable bonds is 7. The van der Waals surface area contributed by atoms with Crippen LogP contribution in [0.15, 0.2) is 4.52 Å². The fraction of sp³-hybridized carbons (Fsp3) is 0.722. The SMILES string of the molecule is Cc1noc(C)c1NC(=O)N[C@H]1CC[C@@H](CCNC(=O)C2CC2)O[C@H]1CO. The van der Waals surface area contributed by atoms with E-state index in [1.807, 2.05) is 0 Å². The van der Waals surface area contributed by atoms with Gasteiger partial charge in [-0.3, -0.25) is 4.79 Å². The molecule has 9 nitrogen and oxygen atoms in total. The lowest BCUT2D eigenvalue weighted by atomic mass is 9.97. The van der Waals surface area contributed by atoms with Crippen molar-refractivity contribution in [2.24, 2.45) is 5.92 Å². The van der Waals surface area contributed by atoms with E-state index in [2.05, 4.69) is 21.1 Å². The van der Waals surface area contributed by atoms with Crippen LogP contribution < -0.4 is 16.0 Å². The molecule has 1 aromatic heterocycles. The molecular weight excluding hydrogens is 352 g/mol. The first kappa shape index (κ1) is 19.6. The van der Waals surface area contributed by atoms with Crippen LogP contribution in [0.5, 0.6) is 0 Å². The summed E-state index contributed by atoms with van der Waals surface area (Å²) >= 11 is 0. The molecule has 2 heterocycles. The molecule has 0 bridgehead atoms. The maximum Gasteiger partial charge on any atom is 0.319 e. The molecule has 0 spiro atoms. The monoisotopic (exact) mass is 380 g/mol. The number of carbonyl (C=O) groups excluding carboxylic acids is 2. The highest BCUT2D eigenvalue weighted by Gasteiger charge is 2.33. The molecule has 1 aliphatic carbocycles. The molecule has 0 unspecified atom stereocenters. The summed E-state index contributed by atoms with van der Waals surface area (Å²) < 4.78 is 10.9. The normalized spacial score (nSPS) is 25.1. The fourth-order valence-electron chi connectivity index (χ4n) is 3.33. The molecule has 150 valence electrons. The number of anilines is 1. The second-order valence-corrected chi connectivity index (χ2v) is 7.31. The van der Waals surface area contributed by atoms with Crippen molar-refractivity contribution >= 4 is 17.6 Å². The second kappa shape index (κ2) is 8.71. The van der Waals surface area contributed by atoms with Gasteiger partial charge in [-0.05, 0) is 46.0 Å². The number of ether oxygens (including phenoxy) is 1. The molecule has 0 radical (unpaired) electrons. The van der Waals surface area contributed by atoms with Crippen LogP contribution in [0.25, 0.3) is 0 Å². The zero-order valence-corrected chi connectivity index (χ0v) is 15.8. The van der Waals surface area contributed by atoms with Gasteiger partial charge in [-0.2, -0.15) is 0 Å². The smallest absolute Gasteiger partial charge is 0.319 e. The Balaban J connectivity index is 1.43. The second-order valence-electron chi connectivity index (χ2n) is 7.31. The molecule has 3 amide bonds. The summed E-state index contributed by atoms with van der Waals surface area (Å²) in [4.78, 5) is 23.9. The van der Waals surface area contributed by atoms with Crippen molar-refractivity contribution in [3.05, 3.63) is 11.5 Å². The lowest BCUT2D eigenvalue weighted by Crippen LogP contribution is -2.52. The topological polar surface area (TPSA) is 126 Å². The first-order valence-corrected chi connectivity index (χ1v) is 9.52. The molecular formula is C18H28N4O5. The van der Waals surface area contributed by atoms with Gasteiger partial charge in [0.05, 0.1) is 18.8 Å². The average Bonchev–Trinajstić information content (AvgIpc) is 3.45. The minimum Gasteiger partial charge on any atom is -0.394 e. The van der Waals surface area contributed by atoms with Gasteiger partial charge in [0.25, 0.3) is 0 Å². The van der Waals surface area contributed by atoms with Gasteiger partial charge in [-0.1, -0.05) is 5.16 Å². The first-order valence-electron chi connectivity index (χ1n) is 9.52. The Hall–Kier alpha value is -2.13. The predicted molar refractivity (Wildman–Crippen MR) is 97.3 cm³/mol. The number of aliphatic hydroxyl groups is 1. The Morgan fingerprint density at radius 1 is 1.22 bits per heavy atom. The summed E-state index contributed by atoms with van der Waals surface area (Å²) in [5.41, 5.74) is 1.16. The molecule has 4 N–H and O–H groups in total. The zero-order valence-electron chi connectivity index (χ0n) is 15.8. The van der Waals surface area contributed by atoms with Crippen molar-refractivity contribution in [2.75, 3.05) is 18.5 Å². The molecule has 1 aromatic rings. The van der Waals surface area contributed by atoms with E-state index >= 15 is 0 Å². The minimum atomic E-state index is -0.474. The van der Waals surface area contributed by atoms with Gasteiger partial charge in [-0.15, -0.1) is 0 Å². The van der Waals surface area contributed by atoms with E-state index in [-0.39, 0.29) is 36.6 Å². The van der Waals surface area contributed by atoms with Gasteiger partial charge in [0.2, 0.25) is 5.91 Å². The van der Waals surface area contributed by atoms with Crippen LogP contribution in [0, 0.1) is 19.8 Å². The van der Waals surface area contributed by atoms with E-state index in [0.717, 1.165) is 19.3 Å². The molecule has 1 aliphatic heterocycles. The fourth-order valence-corrected chi connectivity index (χ4v) is 3.33. The summed E-state index contributed by atoms with van der Waals surface area (Å²) in [7, 11) is 0. The Labute approximate surface area is 158 Å². The first-order chi connectivity index (χ1) is 13.0. The van der Waals surface area contributed by atoms with Crippen LogP contribution in [-0.4, -0.2) is 53.6 Å². The van der Waals surface area contributed by atoms with Crippen molar-refractivity contribution in [3.8, 4) is 0 Å². The Bertz CT molecular complexity index is 653. The van der Waals surface area contributed by atoms with Crippen molar-refractivity contribution in [3.63, 3.8) is 0 Å². The van der Waals surface area contributed by atoms with Crippen LogP contribution in [0.2, 0.25) is 0 Å². The highest BCUT2D eigenvalue weighted by Crippen LogP contribution is 2.29. The molecule has 3 rings (SSSR count). The molecule has 27 heavy (non-hydrogen) atoms. The number of aromatic nitrogens is 1. The molecule has 9 heteroatoms. The number of hydrogen-bond acceptors (Lipinski definition) is 6. The van der Waals surface area contributed by atoms with Crippen LogP contribution in [-0.2, 0) is 9.53 Å². The maximum atomic E-state index is 12.3.